The summed E-state index contributed by atoms with van der Waals surface area (Å²) in [4.78, 5) is 15.5. The van der Waals surface area contributed by atoms with Crippen LogP contribution in [0.25, 0.3) is 4.96 Å². The van der Waals surface area contributed by atoms with Crippen LogP contribution in [0, 0.1) is 10.1 Å². The van der Waals surface area contributed by atoms with Gasteiger partial charge in [-0.1, -0.05) is 41.7 Å². The molecule has 9 heteroatoms. The van der Waals surface area contributed by atoms with E-state index in [4.69, 9.17) is 0 Å². The molecule has 3 N–H and O–H groups in total. The van der Waals surface area contributed by atoms with E-state index in [2.05, 4.69) is 10.3 Å². The molecule has 0 saturated carbocycles. The lowest BCUT2D eigenvalue weighted by molar-refractivity contribution is -0.389. The molecule has 3 aromatic rings. The number of nitrogens with zero attached hydrogens (tertiary/aromatic N) is 3. The number of hydrogen-bond acceptors (Lipinski definition) is 7. The summed E-state index contributed by atoms with van der Waals surface area (Å²) in [6.07, 6.45) is 0.977. The van der Waals surface area contributed by atoms with Gasteiger partial charge in [-0.05, 0) is 16.9 Å². The van der Waals surface area contributed by atoms with E-state index in [1.54, 1.807) is 23.7 Å². The summed E-state index contributed by atoms with van der Waals surface area (Å²) < 4.78 is 1.38. The fraction of sp³-hybridized carbons (Fsp3) is 0.267. The van der Waals surface area contributed by atoms with E-state index in [-0.39, 0.29) is 24.7 Å². The van der Waals surface area contributed by atoms with E-state index in [1.165, 1.54) is 15.7 Å². The van der Waals surface area contributed by atoms with Crippen LogP contribution in [-0.2, 0) is 0 Å². The molecule has 0 bridgehead atoms. The first kappa shape index (κ1) is 16.4. The molecular weight excluding hydrogens is 332 g/mol. The first-order chi connectivity index (χ1) is 11.6. The van der Waals surface area contributed by atoms with Gasteiger partial charge in [-0.25, -0.2) is 0 Å². The molecule has 0 saturated heterocycles. The Morgan fingerprint density at radius 1 is 1.38 bits per heavy atom. The fourth-order valence-corrected chi connectivity index (χ4v) is 3.21. The number of aromatic nitrogens is 2. The predicted octanol–water partition coefficient (Wildman–Crippen LogP) is 2.20. The third kappa shape index (κ3) is 3.23. The summed E-state index contributed by atoms with van der Waals surface area (Å²) in [7, 11) is 0. The van der Waals surface area contributed by atoms with Gasteiger partial charge in [-0.2, -0.15) is 9.38 Å². The van der Waals surface area contributed by atoms with E-state index >= 15 is 0 Å². The van der Waals surface area contributed by atoms with Crippen LogP contribution < -0.4 is 5.32 Å². The molecular formula is C15H16N4O4S. The number of hydrogen-bond donors (Lipinski definition) is 3. The van der Waals surface area contributed by atoms with Gasteiger partial charge in [0.1, 0.15) is 6.20 Å². The number of fused-ring (bicyclic) bond motifs is 1. The van der Waals surface area contributed by atoms with E-state index in [1.807, 2.05) is 18.2 Å². The van der Waals surface area contributed by atoms with Crippen LogP contribution in [0.4, 0.5) is 11.6 Å². The second-order valence-corrected chi connectivity index (χ2v) is 6.16. The highest BCUT2D eigenvalue weighted by atomic mass is 32.1. The van der Waals surface area contributed by atoms with Crippen LogP contribution in [0.15, 0.2) is 41.9 Å². The third-order valence-corrected chi connectivity index (χ3v) is 4.42. The molecule has 8 nitrogen and oxygen atoms in total. The molecule has 2 atom stereocenters. The number of nitrogens with one attached hydrogen (secondary N) is 1. The van der Waals surface area contributed by atoms with Crippen LogP contribution in [0.2, 0.25) is 0 Å². The Bertz CT molecular complexity index is 832. The smallest absolute Gasteiger partial charge is 0.372 e. The maximum atomic E-state index is 11.3. The van der Waals surface area contributed by atoms with Crippen molar-refractivity contribution in [1.29, 1.82) is 0 Å². The van der Waals surface area contributed by atoms with Crippen molar-refractivity contribution >= 4 is 27.9 Å². The Morgan fingerprint density at radius 2 is 2.12 bits per heavy atom. The third-order valence-electron chi connectivity index (χ3n) is 3.66. The number of aliphatic hydroxyl groups is 2. The van der Waals surface area contributed by atoms with Crippen molar-refractivity contribution < 1.29 is 15.1 Å². The Hall–Kier alpha value is -2.49. The molecule has 0 fully saturated rings. The van der Waals surface area contributed by atoms with Gasteiger partial charge in [0.05, 0.1) is 18.8 Å². The molecule has 24 heavy (non-hydrogen) atoms. The number of nitro groups is 1. The Balaban J connectivity index is 1.79. The molecule has 0 aliphatic rings. The molecule has 0 aliphatic carbocycles. The van der Waals surface area contributed by atoms with E-state index in [0.29, 0.717) is 4.96 Å². The first-order valence-electron chi connectivity index (χ1n) is 7.30. The highest BCUT2D eigenvalue weighted by molar-refractivity contribution is 7.15. The van der Waals surface area contributed by atoms with E-state index in [0.717, 1.165) is 5.56 Å². The normalized spacial score (nSPS) is 13.8. The SMILES string of the molecule is O=[N+]([O-])c1c(NC(CO)CC(O)c2ccccc2)nc2sccn12. The average molecular weight is 348 g/mol. The molecule has 2 unspecified atom stereocenters. The molecule has 0 amide bonds. The lowest BCUT2D eigenvalue weighted by Crippen LogP contribution is -2.27. The van der Waals surface area contributed by atoms with Crippen LogP contribution in [0.1, 0.15) is 18.1 Å². The van der Waals surface area contributed by atoms with E-state index in [9.17, 15) is 20.3 Å². The maximum Gasteiger partial charge on any atom is 0.372 e. The largest absolute Gasteiger partial charge is 0.394 e. The molecule has 3 rings (SSSR count). The Labute approximate surface area is 141 Å². The average Bonchev–Trinajstić information content (AvgIpc) is 3.15. The lowest BCUT2D eigenvalue weighted by Gasteiger charge is -2.19. The molecule has 0 radical (unpaired) electrons. The maximum absolute atomic E-state index is 11.3. The van der Waals surface area contributed by atoms with Crippen LogP contribution >= 0.6 is 11.3 Å². The lowest BCUT2D eigenvalue weighted by atomic mass is 10.0. The summed E-state index contributed by atoms with van der Waals surface area (Å²) in [6.45, 7) is -0.285. The second kappa shape index (κ2) is 6.95. The predicted molar refractivity (Wildman–Crippen MR) is 90.2 cm³/mol. The standard InChI is InChI=1S/C15H16N4O4S/c20-9-11(8-12(21)10-4-2-1-3-5-10)16-13-14(19(22)23)18-6-7-24-15(18)17-13/h1-7,11-12,16,20-21H,8-9H2. The van der Waals surface area contributed by atoms with Gasteiger partial charge >= 0.3 is 5.82 Å². The monoisotopic (exact) mass is 348 g/mol. The van der Waals surface area contributed by atoms with Gasteiger partial charge in [-0.3, -0.25) is 0 Å². The van der Waals surface area contributed by atoms with Crippen molar-refractivity contribution in [2.45, 2.75) is 18.6 Å². The highest BCUT2D eigenvalue weighted by Gasteiger charge is 2.26. The van der Waals surface area contributed by atoms with Crippen molar-refractivity contribution in [3.63, 3.8) is 0 Å². The quantitative estimate of drug-likeness (QED) is 0.446. The van der Waals surface area contributed by atoms with Gasteiger partial charge in [-0.15, -0.1) is 0 Å². The van der Waals surface area contributed by atoms with E-state index < -0.39 is 17.1 Å². The van der Waals surface area contributed by atoms with Crippen molar-refractivity contribution in [3.8, 4) is 0 Å². The van der Waals surface area contributed by atoms with Gasteiger partial charge in [0.25, 0.3) is 4.96 Å². The Morgan fingerprint density at radius 3 is 2.79 bits per heavy atom. The van der Waals surface area contributed by atoms with Crippen molar-refractivity contribution in [2.24, 2.45) is 0 Å². The zero-order chi connectivity index (χ0) is 17.1. The molecule has 0 spiro atoms. The van der Waals surface area contributed by atoms with Gasteiger partial charge in [0, 0.05) is 5.38 Å². The first-order valence-corrected chi connectivity index (χ1v) is 8.18. The number of anilines is 1. The van der Waals surface area contributed by atoms with Crippen molar-refractivity contribution in [1.82, 2.24) is 9.38 Å². The summed E-state index contributed by atoms with van der Waals surface area (Å²) in [6, 6.07) is 8.48. The number of aliphatic hydroxyl groups excluding tert-OH is 2. The second-order valence-electron chi connectivity index (χ2n) is 5.28. The van der Waals surface area contributed by atoms with Crippen LogP contribution in [-0.4, -0.2) is 37.2 Å². The highest BCUT2D eigenvalue weighted by Crippen LogP contribution is 2.29. The van der Waals surface area contributed by atoms with Gasteiger partial charge < -0.3 is 25.6 Å². The minimum atomic E-state index is -0.793. The van der Waals surface area contributed by atoms with Crippen LogP contribution in [0.3, 0.4) is 0 Å². The van der Waals surface area contributed by atoms with Crippen molar-refractivity contribution in [2.75, 3.05) is 11.9 Å². The number of thiazole rings is 1. The summed E-state index contributed by atoms with van der Waals surface area (Å²) in [5.74, 6) is -0.0925. The summed E-state index contributed by atoms with van der Waals surface area (Å²) in [5.41, 5.74) is 0.720. The fourth-order valence-electron chi connectivity index (χ4n) is 2.50. The minimum Gasteiger partial charge on any atom is -0.394 e. The number of benzene rings is 1. The number of imidazole rings is 1. The van der Waals surface area contributed by atoms with Gasteiger partial charge in [0.2, 0.25) is 5.82 Å². The molecule has 126 valence electrons. The Kier molecular flexibility index (Phi) is 4.74. The number of rotatable bonds is 7. The van der Waals surface area contributed by atoms with Crippen LogP contribution in [0.5, 0.6) is 0 Å². The molecule has 1 aromatic carbocycles. The topological polar surface area (TPSA) is 113 Å². The summed E-state index contributed by atoms with van der Waals surface area (Å²) in [5, 5.41) is 35.7. The zero-order valence-corrected chi connectivity index (χ0v) is 13.4. The molecule has 2 heterocycles. The van der Waals surface area contributed by atoms with Crippen molar-refractivity contribution in [3.05, 3.63) is 57.6 Å². The minimum absolute atomic E-state index is 0.0890. The van der Waals surface area contributed by atoms with Gasteiger partial charge in [0.15, 0.2) is 0 Å². The zero-order valence-electron chi connectivity index (χ0n) is 12.6. The molecule has 0 aliphatic heterocycles. The molecule has 2 aromatic heterocycles. The summed E-state index contributed by atoms with van der Waals surface area (Å²) >= 11 is 1.28.